The summed E-state index contributed by atoms with van der Waals surface area (Å²) in [6.45, 7) is 4.12. The predicted octanol–water partition coefficient (Wildman–Crippen LogP) is 5.46. The number of fused-ring (bicyclic) bond motifs is 2. The Labute approximate surface area is 244 Å². The van der Waals surface area contributed by atoms with E-state index < -0.39 is 17.7 Å². The van der Waals surface area contributed by atoms with Crippen LogP contribution in [0.25, 0.3) is 32.9 Å². The predicted molar refractivity (Wildman–Crippen MR) is 159 cm³/mol. The van der Waals surface area contributed by atoms with E-state index in [1.165, 1.54) is 24.4 Å². The maximum absolute atomic E-state index is 16.6. The van der Waals surface area contributed by atoms with Crippen molar-refractivity contribution in [3.63, 3.8) is 0 Å². The Morgan fingerprint density at radius 2 is 1.95 bits per heavy atom. The topological polar surface area (TPSA) is 94.8 Å². The minimum Gasteiger partial charge on any atom is -0.508 e. The fourth-order valence-corrected chi connectivity index (χ4v) is 6.27. The van der Waals surface area contributed by atoms with Crippen molar-refractivity contribution < 1.29 is 23.7 Å². The number of aromatic nitrogens is 3. The third kappa shape index (κ3) is 5.45. The number of rotatable bonds is 8. The summed E-state index contributed by atoms with van der Waals surface area (Å²) in [5, 5.41) is 22.5. The quantitative estimate of drug-likeness (QED) is 0.285. The van der Waals surface area contributed by atoms with Crippen LogP contribution >= 0.6 is 0 Å². The highest BCUT2D eigenvalue weighted by Gasteiger charge is 2.44. The lowest BCUT2D eigenvalue weighted by Gasteiger charge is -2.25. The molecule has 1 atom stereocenters. The fourth-order valence-electron chi connectivity index (χ4n) is 6.27. The number of aryl methyl sites for hydroxylation is 1. The van der Waals surface area contributed by atoms with E-state index >= 15 is 4.39 Å². The van der Waals surface area contributed by atoms with E-state index in [0.29, 0.717) is 60.1 Å². The molecule has 2 aliphatic rings. The number of aliphatic hydroxyl groups is 1. The van der Waals surface area contributed by atoms with Gasteiger partial charge in [0, 0.05) is 36.8 Å². The van der Waals surface area contributed by atoms with Gasteiger partial charge in [-0.15, -0.1) is 0 Å². The van der Waals surface area contributed by atoms with Gasteiger partial charge < -0.3 is 24.7 Å². The van der Waals surface area contributed by atoms with Gasteiger partial charge >= 0.3 is 6.01 Å². The van der Waals surface area contributed by atoms with Crippen molar-refractivity contribution in [2.45, 2.75) is 51.6 Å². The van der Waals surface area contributed by atoms with Crippen LogP contribution in [0.5, 0.6) is 11.8 Å². The highest BCUT2D eigenvalue weighted by atomic mass is 19.1. The highest BCUT2D eigenvalue weighted by molar-refractivity contribution is 6.01. The van der Waals surface area contributed by atoms with Crippen LogP contribution in [0.4, 0.5) is 14.6 Å². The summed E-state index contributed by atoms with van der Waals surface area (Å²) < 4.78 is 37.7. The molecule has 1 aliphatic carbocycles. The number of hydrogen-bond donors (Lipinski definition) is 2. The molecular weight excluding hydrogens is 540 g/mol. The van der Waals surface area contributed by atoms with Gasteiger partial charge in [-0.25, -0.2) is 8.78 Å². The maximum atomic E-state index is 16.6. The van der Waals surface area contributed by atoms with E-state index in [2.05, 4.69) is 14.9 Å². The number of pyridine rings is 1. The van der Waals surface area contributed by atoms with E-state index in [4.69, 9.17) is 9.72 Å². The fraction of sp³-hybridized carbons (Fsp3) is 0.469. The molecule has 6 rings (SSSR count). The molecular formula is C32H37F2N5O3. The number of phenols is 1. The molecule has 3 heterocycles. The first-order chi connectivity index (χ1) is 20.2. The van der Waals surface area contributed by atoms with Crippen LogP contribution in [0.3, 0.4) is 0 Å². The Balaban J connectivity index is 1.51. The van der Waals surface area contributed by atoms with Crippen molar-refractivity contribution in [3.05, 3.63) is 47.7 Å². The lowest BCUT2D eigenvalue weighted by atomic mass is 9.94. The molecule has 2 N–H and O–H groups in total. The van der Waals surface area contributed by atoms with Gasteiger partial charge in [0.05, 0.1) is 18.1 Å². The van der Waals surface area contributed by atoms with Gasteiger partial charge in [-0.05, 0) is 87.2 Å². The van der Waals surface area contributed by atoms with Crippen molar-refractivity contribution in [3.8, 4) is 23.0 Å². The standard InChI is InChI=1S/C32H37F2N5O3/c1-4-22-25(33)9-8-19-13-21(41)14-23(26(19)22)28-27(34)29-24(15-35-28)30(39-12-6-5-7-20(40)16-39)37-31(36-29)42-18-32(10-11-32)17-38(2)3/h8-9,13-15,20,40-41H,4-7,10-12,16-18H2,1-3H3. The smallest absolute Gasteiger partial charge is 0.319 e. The third-order valence-corrected chi connectivity index (χ3v) is 8.47. The largest absolute Gasteiger partial charge is 0.508 e. The second kappa shape index (κ2) is 11.2. The van der Waals surface area contributed by atoms with Crippen LogP contribution in [0.15, 0.2) is 30.5 Å². The molecule has 1 saturated heterocycles. The van der Waals surface area contributed by atoms with E-state index in [0.717, 1.165) is 32.2 Å². The SMILES string of the molecule is CCc1c(F)ccc2cc(O)cc(-c3ncc4c(N5CCCCC(O)C5)nc(OCC5(CN(C)C)CC5)nc4c3F)c12. The number of aliphatic hydroxyl groups excluding tert-OH is 1. The van der Waals surface area contributed by atoms with Gasteiger partial charge in [0.2, 0.25) is 0 Å². The molecule has 0 amide bonds. The molecule has 222 valence electrons. The van der Waals surface area contributed by atoms with E-state index in [9.17, 15) is 14.6 Å². The summed E-state index contributed by atoms with van der Waals surface area (Å²) in [4.78, 5) is 17.9. The number of hydrogen-bond acceptors (Lipinski definition) is 8. The van der Waals surface area contributed by atoms with E-state index in [-0.39, 0.29) is 33.9 Å². The summed E-state index contributed by atoms with van der Waals surface area (Å²) in [6.07, 6.45) is 5.88. The lowest BCUT2D eigenvalue weighted by Crippen LogP contribution is -2.32. The summed E-state index contributed by atoms with van der Waals surface area (Å²) in [6, 6.07) is 5.95. The number of anilines is 1. The molecule has 1 unspecified atom stereocenters. The number of nitrogens with zero attached hydrogens (tertiary/aromatic N) is 5. The van der Waals surface area contributed by atoms with Crippen molar-refractivity contribution in [1.82, 2.24) is 19.9 Å². The normalized spacial score (nSPS) is 18.5. The number of halogens is 2. The zero-order chi connectivity index (χ0) is 29.6. The van der Waals surface area contributed by atoms with Crippen LogP contribution in [0, 0.1) is 17.0 Å². The second-order valence-electron chi connectivity index (χ2n) is 12.1. The Hall–Kier alpha value is -3.63. The van der Waals surface area contributed by atoms with Crippen molar-refractivity contribution in [2.75, 3.05) is 45.2 Å². The van der Waals surface area contributed by atoms with Crippen LogP contribution in [-0.4, -0.2) is 76.5 Å². The monoisotopic (exact) mass is 577 g/mol. The Morgan fingerprint density at radius 3 is 2.69 bits per heavy atom. The molecule has 0 radical (unpaired) electrons. The molecule has 1 saturated carbocycles. The first-order valence-corrected chi connectivity index (χ1v) is 14.7. The Kier molecular flexibility index (Phi) is 7.61. The lowest BCUT2D eigenvalue weighted by molar-refractivity contribution is 0.173. The van der Waals surface area contributed by atoms with E-state index in [1.807, 2.05) is 25.9 Å². The average Bonchev–Trinajstić information content (AvgIpc) is 3.75. The van der Waals surface area contributed by atoms with Crippen LogP contribution in [0.2, 0.25) is 0 Å². The molecule has 2 aromatic heterocycles. The van der Waals surface area contributed by atoms with E-state index in [1.54, 1.807) is 6.07 Å². The van der Waals surface area contributed by atoms with Crippen molar-refractivity contribution in [1.29, 1.82) is 0 Å². The molecule has 2 fully saturated rings. The molecule has 0 spiro atoms. The van der Waals surface area contributed by atoms with Crippen LogP contribution in [0.1, 0.15) is 44.6 Å². The van der Waals surface area contributed by atoms with Gasteiger partial charge in [-0.1, -0.05) is 13.0 Å². The molecule has 8 nitrogen and oxygen atoms in total. The van der Waals surface area contributed by atoms with Crippen LogP contribution < -0.4 is 9.64 Å². The van der Waals surface area contributed by atoms with Gasteiger partial charge in [0.1, 0.15) is 28.6 Å². The van der Waals surface area contributed by atoms with Crippen LogP contribution in [-0.2, 0) is 6.42 Å². The minimum atomic E-state index is -0.705. The number of ether oxygens (including phenoxy) is 1. The molecule has 1 aliphatic heterocycles. The first kappa shape index (κ1) is 28.5. The molecule has 0 bridgehead atoms. The zero-order valence-corrected chi connectivity index (χ0v) is 24.3. The summed E-state index contributed by atoms with van der Waals surface area (Å²) in [5.74, 6) is -0.713. The summed E-state index contributed by atoms with van der Waals surface area (Å²) in [7, 11) is 4.06. The van der Waals surface area contributed by atoms with Gasteiger partial charge in [0.25, 0.3) is 0 Å². The molecule has 4 aromatic rings. The van der Waals surface area contributed by atoms with Crippen molar-refractivity contribution in [2.24, 2.45) is 5.41 Å². The average molecular weight is 578 g/mol. The zero-order valence-electron chi connectivity index (χ0n) is 24.3. The van der Waals surface area contributed by atoms with Gasteiger partial charge in [-0.2, -0.15) is 9.97 Å². The number of benzene rings is 2. The van der Waals surface area contributed by atoms with Gasteiger partial charge in [-0.3, -0.25) is 4.98 Å². The van der Waals surface area contributed by atoms with Crippen molar-refractivity contribution >= 4 is 27.5 Å². The maximum Gasteiger partial charge on any atom is 0.319 e. The Bertz CT molecular complexity index is 1640. The highest BCUT2D eigenvalue weighted by Crippen LogP contribution is 2.46. The molecule has 10 heteroatoms. The molecule has 2 aromatic carbocycles. The summed E-state index contributed by atoms with van der Waals surface area (Å²) >= 11 is 0. The third-order valence-electron chi connectivity index (χ3n) is 8.47. The summed E-state index contributed by atoms with van der Waals surface area (Å²) in [5.41, 5.74) is 0.717. The first-order valence-electron chi connectivity index (χ1n) is 14.7. The van der Waals surface area contributed by atoms with Gasteiger partial charge in [0.15, 0.2) is 5.82 Å². The number of β-amino-alcohol motifs (C(OH)–C–C–N with tert-alkyl or cyclic N) is 1. The minimum absolute atomic E-state index is 0.0177. The molecule has 42 heavy (non-hydrogen) atoms. The number of aromatic hydroxyl groups is 1. The Morgan fingerprint density at radius 1 is 1.14 bits per heavy atom. The number of phenolic OH excluding ortho intramolecular Hbond substituents is 1. The second-order valence-corrected chi connectivity index (χ2v) is 12.1.